The third kappa shape index (κ3) is 6.11. The molecule has 0 unspecified atom stereocenters. The van der Waals surface area contributed by atoms with Crippen molar-refractivity contribution in [3.8, 4) is 11.5 Å². The second kappa shape index (κ2) is 9.68. The molecule has 2 aromatic carbocycles. The van der Waals surface area contributed by atoms with Crippen molar-refractivity contribution < 1.29 is 19.1 Å². The molecule has 0 aliphatic heterocycles. The fourth-order valence-electron chi connectivity index (χ4n) is 2.04. The van der Waals surface area contributed by atoms with Gasteiger partial charge in [0.15, 0.2) is 18.1 Å². The van der Waals surface area contributed by atoms with E-state index in [0.717, 1.165) is 4.47 Å². The molecule has 2 rings (SSSR count). The molecule has 2 aromatic rings. The number of benzene rings is 2. The minimum Gasteiger partial charge on any atom is -0.493 e. The third-order valence-electron chi connectivity index (χ3n) is 3.25. The molecule has 2 N–H and O–H groups in total. The SMILES string of the molecule is COc1ccccc1OCC(=O)NCCNC(=O)c1cccc(Br)c1. The van der Waals surface area contributed by atoms with E-state index in [-0.39, 0.29) is 18.4 Å². The number of amides is 2. The Morgan fingerprint density at radius 2 is 1.72 bits per heavy atom. The first kappa shape index (κ1) is 18.8. The van der Waals surface area contributed by atoms with Crippen LogP contribution in [0, 0.1) is 0 Å². The lowest BCUT2D eigenvalue weighted by molar-refractivity contribution is -0.123. The Morgan fingerprint density at radius 1 is 1.00 bits per heavy atom. The van der Waals surface area contributed by atoms with Crippen LogP contribution in [0.5, 0.6) is 11.5 Å². The van der Waals surface area contributed by atoms with Gasteiger partial charge in [-0.05, 0) is 30.3 Å². The van der Waals surface area contributed by atoms with E-state index in [0.29, 0.717) is 30.2 Å². The van der Waals surface area contributed by atoms with Crippen LogP contribution in [0.2, 0.25) is 0 Å². The van der Waals surface area contributed by atoms with E-state index >= 15 is 0 Å². The van der Waals surface area contributed by atoms with Crippen LogP contribution in [0.4, 0.5) is 0 Å². The van der Waals surface area contributed by atoms with E-state index in [9.17, 15) is 9.59 Å². The van der Waals surface area contributed by atoms with Gasteiger partial charge in [-0.1, -0.05) is 34.1 Å². The largest absolute Gasteiger partial charge is 0.493 e. The minimum atomic E-state index is -0.275. The number of rotatable bonds is 8. The molecular weight excluding hydrogens is 388 g/mol. The second-order valence-corrected chi connectivity index (χ2v) is 5.97. The molecule has 0 saturated carbocycles. The molecule has 0 fully saturated rings. The average molecular weight is 407 g/mol. The van der Waals surface area contributed by atoms with E-state index in [1.54, 1.807) is 36.4 Å². The maximum Gasteiger partial charge on any atom is 0.258 e. The van der Waals surface area contributed by atoms with E-state index in [1.807, 2.05) is 12.1 Å². The van der Waals surface area contributed by atoms with Crippen LogP contribution in [-0.4, -0.2) is 38.6 Å². The Balaban J connectivity index is 1.68. The van der Waals surface area contributed by atoms with Crippen LogP contribution in [0.1, 0.15) is 10.4 Å². The fourth-order valence-corrected chi connectivity index (χ4v) is 2.44. The number of halogens is 1. The van der Waals surface area contributed by atoms with Gasteiger partial charge in [-0.3, -0.25) is 9.59 Å². The van der Waals surface area contributed by atoms with Gasteiger partial charge in [0, 0.05) is 23.1 Å². The number of carbonyl (C=O) groups is 2. The molecule has 0 aliphatic rings. The lowest BCUT2D eigenvalue weighted by Gasteiger charge is -2.11. The van der Waals surface area contributed by atoms with Gasteiger partial charge in [-0.2, -0.15) is 0 Å². The Morgan fingerprint density at radius 3 is 2.44 bits per heavy atom. The molecule has 0 heterocycles. The van der Waals surface area contributed by atoms with Crippen molar-refractivity contribution in [2.45, 2.75) is 0 Å². The van der Waals surface area contributed by atoms with Gasteiger partial charge in [0.1, 0.15) is 0 Å². The molecule has 0 aliphatic carbocycles. The molecule has 6 nitrogen and oxygen atoms in total. The molecular formula is C18H19BrN2O4. The summed E-state index contributed by atoms with van der Waals surface area (Å²) in [4.78, 5) is 23.7. The van der Waals surface area contributed by atoms with Crippen LogP contribution >= 0.6 is 15.9 Å². The summed E-state index contributed by atoms with van der Waals surface area (Å²) in [5.74, 6) is 0.600. The zero-order valence-electron chi connectivity index (χ0n) is 13.8. The number of nitrogens with one attached hydrogen (secondary N) is 2. The number of carbonyl (C=O) groups excluding carboxylic acids is 2. The van der Waals surface area contributed by atoms with E-state index in [1.165, 1.54) is 7.11 Å². The molecule has 0 bridgehead atoms. The summed E-state index contributed by atoms with van der Waals surface area (Å²) in [5, 5.41) is 5.42. The quantitative estimate of drug-likeness (QED) is 0.659. The monoisotopic (exact) mass is 406 g/mol. The molecule has 132 valence electrons. The topological polar surface area (TPSA) is 76.7 Å². The smallest absolute Gasteiger partial charge is 0.258 e. The molecule has 7 heteroatoms. The first-order valence-electron chi connectivity index (χ1n) is 7.66. The molecule has 0 aromatic heterocycles. The Labute approximate surface area is 154 Å². The normalized spacial score (nSPS) is 10.0. The van der Waals surface area contributed by atoms with Gasteiger partial charge in [0.05, 0.1) is 7.11 Å². The fraction of sp³-hybridized carbons (Fsp3) is 0.222. The lowest BCUT2D eigenvalue weighted by atomic mass is 10.2. The highest BCUT2D eigenvalue weighted by molar-refractivity contribution is 9.10. The summed E-state index contributed by atoms with van der Waals surface area (Å²) in [5.41, 5.74) is 0.556. The maximum absolute atomic E-state index is 11.9. The van der Waals surface area contributed by atoms with Crippen LogP contribution in [-0.2, 0) is 4.79 Å². The van der Waals surface area contributed by atoms with E-state index in [2.05, 4.69) is 26.6 Å². The maximum atomic E-state index is 11.9. The summed E-state index contributed by atoms with van der Waals surface area (Å²) < 4.78 is 11.4. The van der Waals surface area contributed by atoms with Crippen molar-refractivity contribution >= 4 is 27.7 Å². The van der Waals surface area contributed by atoms with Gasteiger partial charge in [-0.15, -0.1) is 0 Å². The third-order valence-corrected chi connectivity index (χ3v) is 3.74. The summed E-state index contributed by atoms with van der Waals surface area (Å²) in [7, 11) is 1.54. The highest BCUT2D eigenvalue weighted by Gasteiger charge is 2.08. The number of hydrogen-bond acceptors (Lipinski definition) is 4. The van der Waals surface area contributed by atoms with Crippen molar-refractivity contribution in [1.29, 1.82) is 0 Å². The highest BCUT2D eigenvalue weighted by Crippen LogP contribution is 2.25. The van der Waals surface area contributed by atoms with Crippen LogP contribution in [0.3, 0.4) is 0 Å². The van der Waals surface area contributed by atoms with Gasteiger partial charge in [-0.25, -0.2) is 0 Å². The number of hydrogen-bond donors (Lipinski definition) is 2. The standard InChI is InChI=1S/C18H19BrN2O4/c1-24-15-7-2-3-8-16(15)25-12-17(22)20-9-10-21-18(23)13-5-4-6-14(19)11-13/h2-8,11H,9-10,12H2,1H3,(H,20,22)(H,21,23). The van der Waals surface area contributed by atoms with Crippen molar-refractivity contribution in [3.63, 3.8) is 0 Å². The van der Waals surface area contributed by atoms with Crippen molar-refractivity contribution in [2.24, 2.45) is 0 Å². The highest BCUT2D eigenvalue weighted by atomic mass is 79.9. The van der Waals surface area contributed by atoms with Crippen molar-refractivity contribution in [3.05, 3.63) is 58.6 Å². The summed E-state index contributed by atoms with van der Waals surface area (Å²) in [6, 6.07) is 14.2. The Hall–Kier alpha value is -2.54. The van der Waals surface area contributed by atoms with Crippen LogP contribution < -0.4 is 20.1 Å². The predicted octanol–water partition coefficient (Wildman–Crippen LogP) is 2.38. The molecule has 2 amide bonds. The molecule has 0 atom stereocenters. The Bertz CT molecular complexity index is 737. The summed E-state index contributed by atoms with van der Waals surface area (Å²) in [6.07, 6.45) is 0. The number of methoxy groups -OCH3 is 1. The second-order valence-electron chi connectivity index (χ2n) is 5.06. The van der Waals surface area contributed by atoms with Crippen molar-refractivity contribution in [2.75, 3.05) is 26.8 Å². The molecule has 0 spiro atoms. The molecule has 0 saturated heterocycles. The molecule has 0 radical (unpaired) electrons. The average Bonchev–Trinajstić information content (AvgIpc) is 2.63. The predicted molar refractivity (Wildman–Crippen MR) is 98.0 cm³/mol. The molecule has 25 heavy (non-hydrogen) atoms. The first-order chi connectivity index (χ1) is 12.1. The number of para-hydroxylation sites is 2. The van der Waals surface area contributed by atoms with Gasteiger partial charge >= 0.3 is 0 Å². The van der Waals surface area contributed by atoms with E-state index in [4.69, 9.17) is 9.47 Å². The summed E-state index contributed by atoms with van der Waals surface area (Å²) >= 11 is 3.32. The minimum absolute atomic E-state index is 0.125. The Kier molecular flexibility index (Phi) is 7.28. The van der Waals surface area contributed by atoms with Gasteiger partial charge < -0.3 is 20.1 Å². The van der Waals surface area contributed by atoms with Gasteiger partial charge in [0.2, 0.25) is 0 Å². The van der Waals surface area contributed by atoms with Crippen LogP contribution in [0.25, 0.3) is 0 Å². The first-order valence-corrected chi connectivity index (χ1v) is 8.45. The zero-order valence-corrected chi connectivity index (χ0v) is 15.3. The summed E-state index contributed by atoms with van der Waals surface area (Å²) in [6.45, 7) is 0.513. The number of ether oxygens (including phenoxy) is 2. The van der Waals surface area contributed by atoms with E-state index < -0.39 is 0 Å². The lowest BCUT2D eigenvalue weighted by Crippen LogP contribution is -2.36. The van der Waals surface area contributed by atoms with Crippen LogP contribution in [0.15, 0.2) is 53.0 Å². The van der Waals surface area contributed by atoms with Gasteiger partial charge in [0.25, 0.3) is 11.8 Å². The zero-order chi connectivity index (χ0) is 18.1. The van der Waals surface area contributed by atoms with Crippen molar-refractivity contribution in [1.82, 2.24) is 10.6 Å².